The van der Waals surface area contributed by atoms with Crippen LogP contribution in [0.1, 0.15) is 84.6 Å². The van der Waals surface area contributed by atoms with E-state index in [0.29, 0.717) is 44.1 Å². The number of Topliss-reactive ketones (excluding diaryl/α,β-unsaturated/α-hetero) is 1. The maximum atomic E-state index is 14.4. The molecule has 1 saturated heterocycles. The number of unbranched alkanes of at least 4 members (excludes halogenated alkanes) is 1. The molecule has 6 rings (SSSR count). The first-order valence-electron chi connectivity index (χ1n) is 19.7. The number of carbonyl (C=O) groups excluding carboxylic acids is 5. The quantitative estimate of drug-likeness (QED) is 0.0588. The van der Waals surface area contributed by atoms with Gasteiger partial charge in [-0.25, -0.2) is 9.59 Å². The van der Waals surface area contributed by atoms with E-state index in [1.807, 2.05) is 19.9 Å². The second kappa shape index (κ2) is 17.0. The first-order valence-corrected chi connectivity index (χ1v) is 19.7. The van der Waals surface area contributed by atoms with E-state index in [2.05, 4.69) is 23.2 Å². The van der Waals surface area contributed by atoms with Crippen LogP contribution in [0.3, 0.4) is 0 Å². The summed E-state index contributed by atoms with van der Waals surface area (Å²) in [5.74, 6) is -1.64. The molecule has 0 radical (unpaired) electrons. The van der Waals surface area contributed by atoms with Gasteiger partial charge < -0.3 is 38.9 Å². The van der Waals surface area contributed by atoms with Crippen LogP contribution in [0.5, 0.6) is 5.75 Å². The van der Waals surface area contributed by atoms with E-state index in [-0.39, 0.29) is 55.3 Å². The number of aliphatic hydroxyl groups is 1. The van der Waals surface area contributed by atoms with Crippen LogP contribution in [0.15, 0.2) is 48.1 Å². The Morgan fingerprint density at radius 3 is 2.54 bits per heavy atom. The number of hydrogen-bond donors (Lipinski definition) is 2. The average Bonchev–Trinajstić information content (AvgIpc) is 3.64. The van der Waals surface area contributed by atoms with Crippen LogP contribution in [0.2, 0.25) is 0 Å². The highest BCUT2D eigenvalue weighted by Gasteiger charge is 2.75. The minimum absolute atomic E-state index is 0.000289. The van der Waals surface area contributed by atoms with Crippen LogP contribution in [-0.2, 0) is 49.4 Å². The molecular formula is C41H52N2O14. The van der Waals surface area contributed by atoms with Gasteiger partial charge in [-0.15, -0.1) is 10.1 Å². The minimum atomic E-state index is -1.47. The Morgan fingerprint density at radius 1 is 1.11 bits per heavy atom. The van der Waals surface area contributed by atoms with Gasteiger partial charge in [0.25, 0.3) is 5.09 Å². The highest BCUT2D eigenvalue weighted by atomic mass is 16.9. The fourth-order valence-electron chi connectivity index (χ4n) is 10.3. The molecular weight excluding hydrogens is 744 g/mol. The molecule has 2 N–H and O–H groups in total. The fraction of sp³-hybridized carbons (Fsp3) is 0.634. The van der Waals surface area contributed by atoms with Crippen molar-refractivity contribution in [1.82, 2.24) is 5.32 Å². The lowest BCUT2D eigenvalue weighted by atomic mass is 9.47. The van der Waals surface area contributed by atoms with Gasteiger partial charge in [0.1, 0.15) is 11.8 Å². The molecule has 16 nitrogen and oxygen atoms in total. The number of benzene rings is 1. The second-order valence-electron chi connectivity index (χ2n) is 16.2. The average molecular weight is 797 g/mol. The van der Waals surface area contributed by atoms with Gasteiger partial charge in [-0.3, -0.25) is 14.4 Å². The predicted octanol–water partition coefficient (Wildman–Crippen LogP) is 4.52. The van der Waals surface area contributed by atoms with Crippen molar-refractivity contribution in [3.8, 4) is 5.75 Å². The number of aliphatic hydroxyl groups excluding tert-OH is 1. The summed E-state index contributed by atoms with van der Waals surface area (Å²) in [6.45, 7) is 6.55. The minimum Gasteiger partial charge on any atom is -0.464 e. The first-order chi connectivity index (χ1) is 27.1. The van der Waals surface area contributed by atoms with Gasteiger partial charge in [-0.1, -0.05) is 57.0 Å². The number of esters is 1. The van der Waals surface area contributed by atoms with Crippen molar-refractivity contribution in [1.29, 1.82) is 0 Å². The van der Waals surface area contributed by atoms with Gasteiger partial charge in [0.05, 0.1) is 25.4 Å². The van der Waals surface area contributed by atoms with Crippen molar-refractivity contribution in [2.75, 3.05) is 19.8 Å². The lowest BCUT2D eigenvalue weighted by Gasteiger charge is -2.59. The van der Waals surface area contributed by atoms with Crippen LogP contribution in [0, 0.1) is 38.7 Å². The summed E-state index contributed by atoms with van der Waals surface area (Å²) in [6, 6.07) is 5.13. The lowest BCUT2D eigenvalue weighted by Crippen LogP contribution is -2.63. The van der Waals surface area contributed by atoms with Crippen molar-refractivity contribution >= 4 is 29.6 Å². The van der Waals surface area contributed by atoms with Crippen LogP contribution >= 0.6 is 0 Å². The Morgan fingerprint density at radius 2 is 1.84 bits per heavy atom. The van der Waals surface area contributed by atoms with Crippen LogP contribution in [0.25, 0.3) is 0 Å². The number of fused-ring (bicyclic) bond motifs is 7. The van der Waals surface area contributed by atoms with Crippen LogP contribution in [0.4, 0.5) is 4.79 Å². The third kappa shape index (κ3) is 8.35. The molecule has 1 aromatic rings. The molecule has 2 saturated carbocycles. The Hall–Kier alpha value is -4.67. The molecule has 0 bridgehead atoms. The van der Waals surface area contributed by atoms with E-state index in [1.165, 1.54) is 19.1 Å². The van der Waals surface area contributed by atoms with Crippen molar-refractivity contribution in [2.24, 2.45) is 28.6 Å². The zero-order chi connectivity index (χ0) is 41.1. The molecule has 0 spiro atoms. The summed E-state index contributed by atoms with van der Waals surface area (Å²) in [5, 5.41) is 23.9. The number of nitrogens with zero attached hydrogens (tertiary/aromatic N) is 1. The highest BCUT2D eigenvalue weighted by Crippen LogP contribution is 2.69. The maximum absolute atomic E-state index is 14.4. The molecule has 0 aromatic heterocycles. The van der Waals surface area contributed by atoms with Gasteiger partial charge in [-0.2, -0.15) is 0 Å². The monoisotopic (exact) mass is 796 g/mol. The Kier molecular flexibility index (Phi) is 12.5. The van der Waals surface area contributed by atoms with E-state index >= 15 is 0 Å². The lowest BCUT2D eigenvalue weighted by molar-refractivity contribution is -0.757. The zero-order valence-electron chi connectivity index (χ0n) is 32.8. The molecule has 16 heteroatoms. The number of allylic oxidation sites excluding steroid dienone is 4. The van der Waals surface area contributed by atoms with Gasteiger partial charge in [0.15, 0.2) is 24.3 Å². The Labute approximate surface area is 330 Å². The Bertz CT molecular complexity index is 1790. The standard InChI is InChI=1S/C41H52N2O14/c1-5-8-35-56-34-21-30-29-14-11-26-20-27(45)15-16-39(26,3)36(29)32(46)22-40(30,4)41(34,57-35)33(47)23-53-38(49)55-28-12-9-25(10-13-28)19-31(42-24(2)44)37(48)52-17-6-7-18-54-43(50)51/h9-13,15-16,29-32,34-36,46H,5-8,14,17-23H2,1-4H3,(H,42,44)/t29-,30-,31?,32-,34+,35?,36+,39-,40-,41?/m0/s1. The molecule has 57 heavy (non-hydrogen) atoms. The molecule has 4 aliphatic carbocycles. The van der Waals surface area contributed by atoms with E-state index in [4.69, 9.17) is 23.7 Å². The molecule has 10 atom stereocenters. The number of ketones is 2. The molecule has 3 fully saturated rings. The van der Waals surface area contributed by atoms with Gasteiger partial charge in [-0.05, 0) is 74.1 Å². The number of ether oxygens (including phenoxy) is 5. The van der Waals surface area contributed by atoms with Crippen molar-refractivity contribution < 1.29 is 62.7 Å². The molecule has 1 heterocycles. The zero-order valence-corrected chi connectivity index (χ0v) is 32.8. The fourth-order valence-corrected chi connectivity index (χ4v) is 10.3. The van der Waals surface area contributed by atoms with Crippen molar-refractivity contribution in [2.45, 2.75) is 116 Å². The summed E-state index contributed by atoms with van der Waals surface area (Å²) in [5.41, 5.74) is -1.15. The summed E-state index contributed by atoms with van der Waals surface area (Å²) >= 11 is 0. The van der Waals surface area contributed by atoms with Gasteiger partial charge >= 0.3 is 12.1 Å². The van der Waals surface area contributed by atoms with E-state index in [1.54, 1.807) is 18.2 Å². The van der Waals surface area contributed by atoms with Gasteiger partial charge in [0, 0.05) is 36.5 Å². The molecule has 310 valence electrons. The molecule has 1 amide bonds. The van der Waals surface area contributed by atoms with Crippen LogP contribution < -0.4 is 10.1 Å². The first kappa shape index (κ1) is 41.9. The van der Waals surface area contributed by atoms with E-state index in [9.17, 15) is 39.2 Å². The van der Waals surface area contributed by atoms with Crippen molar-refractivity contribution in [3.05, 3.63) is 63.7 Å². The summed E-state index contributed by atoms with van der Waals surface area (Å²) in [7, 11) is 0. The largest absolute Gasteiger partial charge is 0.514 e. The SMILES string of the molecule is CCCC1O[C@@H]2C[C@H]3[C@@H]4CC=C5CC(=O)C=C[C@]5(C)[C@H]4[C@@H](O)C[C@]3(C)C2(C(=O)COC(=O)Oc2ccc(CC(NC(C)=O)C(=O)OCCCCO[N+](=O)[O-])cc2)O1. The topological polar surface area (TPSA) is 216 Å². The summed E-state index contributed by atoms with van der Waals surface area (Å²) < 4.78 is 29.1. The number of hydrogen-bond acceptors (Lipinski definition) is 14. The number of amides is 1. The molecule has 3 unspecified atom stereocenters. The third-order valence-electron chi connectivity index (χ3n) is 12.7. The summed E-state index contributed by atoms with van der Waals surface area (Å²) in [6.07, 6.45) is 6.39. The predicted molar refractivity (Wildman–Crippen MR) is 199 cm³/mol. The van der Waals surface area contributed by atoms with E-state index in [0.717, 1.165) is 12.0 Å². The Balaban J connectivity index is 1.08. The van der Waals surface area contributed by atoms with Crippen molar-refractivity contribution in [3.63, 3.8) is 0 Å². The number of nitrogens with one attached hydrogen (secondary N) is 1. The second-order valence-corrected chi connectivity index (χ2v) is 16.2. The highest BCUT2D eigenvalue weighted by molar-refractivity contribution is 5.94. The maximum Gasteiger partial charge on any atom is 0.514 e. The van der Waals surface area contributed by atoms with E-state index < -0.39 is 76.5 Å². The third-order valence-corrected chi connectivity index (χ3v) is 12.7. The molecule has 1 aromatic carbocycles. The number of rotatable bonds is 16. The summed E-state index contributed by atoms with van der Waals surface area (Å²) in [4.78, 5) is 78.7. The molecule has 5 aliphatic rings. The number of carbonyl (C=O) groups is 5. The van der Waals surface area contributed by atoms with Gasteiger partial charge in [0.2, 0.25) is 11.7 Å². The smallest absolute Gasteiger partial charge is 0.464 e. The van der Waals surface area contributed by atoms with Crippen LogP contribution in [-0.4, -0.2) is 89.8 Å². The molecule has 1 aliphatic heterocycles. The normalized spacial score (nSPS) is 32.7.